The maximum atomic E-state index is 4.35. The summed E-state index contributed by atoms with van der Waals surface area (Å²) >= 11 is 1.67. The molecule has 18 heavy (non-hydrogen) atoms. The molecule has 1 saturated heterocycles. The van der Waals surface area contributed by atoms with Crippen LogP contribution < -0.4 is 5.32 Å². The molecule has 5 heteroatoms. The second kappa shape index (κ2) is 5.20. The molecule has 0 bridgehead atoms. The molecule has 0 spiro atoms. The Morgan fingerprint density at radius 2 is 2.22 bits per heavy atom. The first kappa shape index (κ1) is 11.9. The minimum Gasteiger partial charge on any atom is -0.369 e. The topological polar surface area (TPSA) is 41.0 Å². The van der Waals surface area contributed by atoms with Gasteiger partial charge in [-0.3, -0.25) is 0 Å². The first-order valence-corrected chi connectivity index (χ1v) is 7.31. The fraction of sp³-hybridized carbons (Fsp3) is 0.538. The van der Waals surface area contributed by atoms with Crippen molar-refractivity contribution in [2.45, 2.75) is 12.8 Å². The molecule has 0 unspecified atom stereocenters. The third kappa shape index (κ3) is 2.47. The van der Waals surface area contributed by atoms with E-state index in [1.54, 1.807) is 17.7 Å². The molecule has 1 aliphatic heterocycles. The lowest BCUT2D eigenvalue weighted by molar-refractivity contribution is 0.226. The molecule has 1 N–H and O–H groups in total. The highest BCUT2D eigenvalue weighted by atomic mass is 32.1. The van der Waals surface area contributed by atoms with Gasteiger partial charge < -0.3 is 10.2 Å². The van der Waals surface area contributed by atoms with E-state index in [0.29, 0.717) is 0 Å². The van der Waals surface area contributed by atoms with E-state index in [4.69, 9.17) is 0 Å². The van der Waals surface area contributed by atoms with Crippen LogP contribution in [0.3, 0.4) is 0 Å². The van der Waals surface area contributed by atoms with E-state index in [1.165, 1.54) is 25.9 Å². The van der Waals surface area contributed by atoms with E-state index in [2.05, 4.69) is 38.7 Å². The SMILES string of the molecule is CN1CCC(CNc2ncnc3sccc23)CC1. The van der Waals surface area contributed by atoms with Gasteiger partial charge in [0.1, 0.15) is 17.0 Å². The molecule has 3 heterocycles. The van der Waals surface area contributed by atoms with Crippen LogP contribution in [0.4, 0.5) is 5.82 Å². The number of nitrogens with one attached hydrogen (secondary N) is 1. The van der Waals surface area contributed by atoms with Crippen molar-refractivity contribution in [3.8, 4) is 0 Å². The average Bonchev–Trinajstić information content (AvgIpc) is 2.87. The fourth-order valence-corrected chi connectivity index (χ4v) is 3.17. The Balaban J connectivity index is 1.64. The monoisotopic (exact) mass is 262 g/mol. The summed E-state index contributed by atoms with van der Waals surface area (Å²) in [5.41, 5.74) is 0. The van der Waals surface area contributed by atoms with Crippen LogP contribution in [-0.2, 0) is 0 Å². The molecule has 0 aliphatic carbocycles. The number of fused-ring (bicyclic) bond motifs is 1. The van der Waals surface area contributed by atoms with Gasteiger partial charge in [-0.2, -0.15) is 0 Å². The van der Waals surface area contributed by atoms with Gasteiger partial charge in [-0.05, 0) is 50.3 Å². The van der Waals surface area contributed by atoms with Crippen LogP contribution in [0.5, 0.6) is 0 Å². The number of nitrogens with zero attached hydrogens (tertiary/aromatic N) is 3. The van der Waals surface area contributed by atoms with Crippen molar-refractivity contribution in [2.75, 3.05) is 32.0 Å². The quantitative estimate of drug-likeness (QED) is 0.922. The minimum atomic E-state index is 0.768. The molecule has 2 aromatic rings. The van der Waals surface area contributed by atoms with Gasteiger partial charge in [0, 0.05) is 6.54 Å². The predicted molar refractivity (Wildman–Crippen MR) is 76.1 cm³/mol. The standard InChI is InChI=1S/C13H18N4S/c1-17-5-2-10(3-6-17)8-14-12-11-4-7-18-13(11)16-9-15-12/h4,7,9-10H,2-3,5-6,8H2,1H3,(H,14,15,16). The van der Waals surface area contributed by atoms with E-state index in [0.717, 1.165) is 28.5 Å². The van der Waals surface area contributed by atoms with Crippen molar-refractivity contribution in [2.24, 2.45) is 5.92 Å². The van der Waals surface area contributed by atoms with E-state index in [1.807, 2.05) is 0 Å². The minimum absolute atomic E-state index is 0.768. The van der Waals surface area contributed by atoms with Gasteiger partial charge in [-0.25, -0.2) is 9.97 Å². The van der Waals surface area contributed by atoms with Crippen LogP contribution in [0.25, 0.3) is 10.2 Å². The van der Waals surface area contributed by atoms with Gasteiger partial charge in [0.2, 0.25) is 0 Å². The summed E-state index contributed by atoms with van der Waals surface area (Å²) in [5.74, 6) is 1.75. The number of rotatable bonds is 3. The summed E-state index contributed by atoms with van der Waals surface area (Å²) in [4.78, 5) is 12.1. The zero-order valence-electron chi connectivity index (χ0n) is 10.6. The van der Waals surface area contributed by atoms with Gasteiger partial charge in [-0.15, -0.1) is 11.3 Å². The lowest BCUT2D eigenvalue weighted by atomic mass is 9.97. The van der Waals surface area contributed by atoms with Crippen molar-refractivity contribution >= 4 is 27.4 Å². The highest BCUT2D eigenvalue weighted by Gasteiger charge is 2.16. The number of likely N-dealkylation sites (tertiary alicyclic amines) is 1. The van der Waals surface area contributed by atoms with Gasteiger partial charge in [0.15, 0.2) is 0 Å². The zero-order chi connectivity index (χ0) is 12.4. The zero-order valence-corrected chi connectivity index (χ0v) is 11.4. The van der Waals surface area contributed by atoms with Crippen molar-refractivity contribution in [1.29, 1.82) is 0 Å². The molecule has 1 aliphatic rings. The number of hydrogen-bond donors (Lipinski definition) is 1. The molecular formula is C13H18N4S. The molecule has 1 fully saturated rings. The molecule has 0 radical (unpaired) electrons. The summed E-state index contributed by atoms with van der Waals surface area (Å²) in [7, 11) is 2.20. The van der Waals surface area contributed by atoms with Crippen LogP contribution in [0.2, 0.25) is 0 Å². The van der Waals surface area contributed by atoms with E-state index in [-0.39, 0.29) is 0 Å². The van der Waals surface area contributed by atoms with Gasteiger partial charge >= 0.3 is 0 Å². The Morgan fingerprint density at radius 1 is 1.39 bits per heavy atom. The highest BCUT2D eigenvalue weighted by Crippen LogP contribution is 2.24. The van der Waals surface area contributed by atoms with Crippen LogP contribution in [0.1, 0.15) is 12.8 Å². The Labute approximate surface area is 111 Å². The van der Waals surface area contributed by atoms with E-state index >= 15 is 0 Å². The van der Waals surface area contributed by atoms with Crippen LogP contribution >= 0.6 is 11.3 Å². The average molecular weight is 262 g/mol. The first-order valence-electron chi connectivity index (χ1n) is 6.43. The Morgan fingerprint density at radius 3 is 3.06 bits per heavy atom. The van der Waals surface area contributed by atoms with Gasteiger partial charge in [0.25, 0.3) is 0 Å². The van der Waals surface area contributed by atoms with Crippen molar-refractivity contribution < 1.29 is 0 Å². The molecular weight excluding hydrogens is 244 g/mol. The predicted octanol–water partition coefficient (Wildman–Crippen LogP) is 2.45. The maximum Gasteiger partial charge on any atom is 0.138 e. The van der Waals surface area contributed by atoms with Crippen molar-refractivity contribution in [1.82, 2.24) is 14.9 Å². The van der Waals surface area contributed by atoms with Crippen LogP contribution in [0, 0.1) is 5.92 Å². The number of hydrogen-bond acceptors (Lipinski definition) is 5. The molecule has 2 aromatic heterocycles. The lowest BCUT2D eigenvalue weighted by Gasteiger charge is -2.29. The maximum absolute atomic E-state index is 4.35. The van der Waals surface area contributed by atoms with Gasteiger partial charge in [-0.1, -0.05) is 0 Å². The molecule has 0 aromatic carbocycles. The summed E-state index contributed by atoms with van der Waals surface area (Å²) in [6.45, 7) is 3.45. The second-order valence-electron chi connectivity index (χ2n) is 4.99. The summed E-state index contributed by atoms with van der Waals surface area (Å²) in [6.07, 6.45) is 4.21. The van der Waals surface area contributed by atoms with Crippen molar-refractivity contribution in [3.63, 3.8) is 0 Å². The lowest BCUT2D eigenvalue weighted by Crippen LogP contribution is -2.33. The Bertz CT molecular complexity index is 516. The molecule has 0 saturated carbocycles. The molecule has 0 atom stereocenters. The number of piperidine rings is 1. The summed E-state index contributed by atoms with van der Waals surface area (Å²) in [5, 5.41) is 6.71. The summed E-state index contributed by atoms with van der Waals surface area (Å²) < 4.78 is 0. The highest BCUT2D eigenvalue weighted by molar-refractivity contribution is 7.16. The number of anilines is 1. The van der Waals surface area contributed by atoms with Gasteiger partial charge in [0.05, 0.1) is 5.39 Å². The molecule has 3 rings (SSSR count). The summed E-state index contributed by atoms with van der Waals surface area (Å²) in [6, 6.07) is 2.09. The smallest absolute Gasteiger partial charge is 0.138 e. The normalized spacial score (nSPS) is 18.3. The van der Waals surface area contributed by atoms with Crippen molar-refractivity contribution in [3.05, 3.63) is 17.8 Å². The van der Waals surface area contributed by atoms with E-state index in [9.17, 15) is 0 Å². The first-order chi connectivity index (χ1) is 8.83. The Hall–Kier alpha value is -1.20. The Kier molecular flexibility index (Phi) is 3.43. The van der Waals surface area contributed by atoms with Crippen LogP contribution in [-0.4, -0.2) is 41.5 Å². The third-order valence-corrected chi connectivity index (χ3v) is 4.48. The number of aromatic nitrogens is 2. The largest absolute Gasteiger partial charge is 0.369 e. The fourth-order valence-electron chi connectivity index (χ4n) is 2.44. The van der Waals surface area contributed by atoms with Crippen LogP contribution in [0.15, 0.2) is 17.8 Å². The molecule has 4 nitrogen and oxygen atoms in total. The van der Waals surface area contributed by atoms with E-state index < -0.39 is 0 Å². The second-order valence-corrected chi connectivity index (χ2v) is 5.88. The molecule has 0 amide bonds. The molecule has 96 valence electrons. The third-order valence-electron chi connectivity index (χ3n) is 3.66. The number of thiophene rings is 1.